The third kappa shape index (κ3) is 2.43. The Kier molecular flexibility index (Phi) is 3.24. The van der Waals surface area contributed by atoms with E-state index in [1.54, 1.807) is 41.3 Å². The van der Waals surface area contributed by atoms with E-state index in [2.05, 4.69) is 10.1 Å². The summed E-state index contributed by atoms with van der Waals surface area (Å²) in [6, 6.07) is 12.3. The van der Waals surface area contributed by atoms with Gasteiger partial charge >= 0.3 is 0 Å². The van der Waals surface area contributed by atoms with Crippen LogP contribution in [0.15, 0.2) is 66.0 Å². The lowest BCUT2D eigenvalue weighted by atomic mass is 10.2. The highest BCUT2D eigenvalue weighted by Crippen LogP contribution is 2.27. The van der Waals surface area contributed by atoms with Crippen molar-refractivity contribution in [2.75, 3.05) is 0 Å². The molecule has 0 unspecified atom stereocenters. The SMILES string of the molecule is O=S(=O)(c1ccc(-n2cccn2)cc1)N1Cc2cccnc2C1. The zero-order valence-electron chi connectivity index (χ0n) is 12.2. The van der Waals surface area contributed by atoms with Gasteiger partial charge in [-0.25, -0.2) is 13.1 Å². The molecule has 2 aromatic heterocycles. The van der Waals surface area contributed by atoms with Crippen LogP contribution in [0.3, 0.4) is 0 Å². The first kappa shape index (κ1) is 14.1. The van der Waals surface area contributed by atoms with Gasteiger partial charge in [0.15, 0.2) is 0 Å². The van der Waals surface area contributed by atoms with E-state index in [-0.39, 0.29) is 4.90 Å². The zero-order valence-corrected chi connectivity index (χ0v) is 13.0. The largest absolute Gasteiger partial charge is 0.260 e. The number of nitrogens with zero attached hydrogens (tertiary/aromatic N) is 4. The molecule has 1 aliphatic rings. The Morgan fingerprint density at radius 2 is 1.78 bits per heavy atom. The predicted octanol–water partition coefficient (Wildman–Crippen LogP) is 1.97. The summed E-state index contributed by atoms with van der Waals surface area (Å²) in [6.07, 6.45) is 5.18. The van der Waals surface area contributed by atoms with Gasteiger partial charge in [0.1, 0.15) is 0 Å². The van der Waals surface area contributed by atoms with Crippen molar-refractivity contribution in [2.24, 2.45) is 0 Å². The normalized spacial score (nSPS) is 14.8. The van der Waals surface area contributed by atoms with Gasteiger partial charge in [-0.2, -0.15) is 9.40 Å². The molecule has 3 heterocycles. The van der Waals surface area contributed by atoms with Crippen molar-refractivity contribution in [2.45, 2.75) is 18.0 Å². The van der Waals surface area contributed by atoms with Crippen molar-refractivity contribution >= 4 is 10.0 Å². The molecule has 0 radical (unpaired) electrons. The molecule has 3 aromatic rings. The summed E-state index contributed by atoms with van der Waals surface area (Å²) in [4.78, 5) is 4.53. The van der Waals surface area contributed by atoms with Gasteiger partial charge in [0, 0.05) is 25.1 Å². The fourth-order valence-corrected chi connectivity index (χ4v) is 4.06. The summed E-state index contributed by atoms with van der Waals surface area (Å²) >= 11 is 0. The number of pyridine rings is 1. The summed E-state index contributed by atoms with van der Waals surface area (Å²) in [5.41, 5.74) is 2.61. The summed E-state index contributed by atoms with van der Waals surface area (Å²) in [5.74, 6) is 0. The average molecular weight is 326 g/mol. The standard InChI is InChI=1S/C16H14N4O2S/c21-23(22,19-11-13-3-1-8-17-16(13)12-19)15-6-4-14(5-7-15)20-10-2-9-18-20/h1-10H,11-12H2. The third-order valence-electron chi connectivity index (χ3n) is 3.90. The van der Waals surface area contributed by atoms with E-state index >= 15 is 0 Å². The molecule has 0 N–H and O–H groups in total. The molecule has 1 aromatic carbocycles. The van der Waals surface area contributed by atoms with E-state index in [1.165, 1.54) is 4.31 Å². The Morgan fingerprint density at radius 1 is 0.957 bits per heavy atom. The first-order valence-corrected chi connectivity index (χ1v) is 8.61. The number of aromatic nitrogens is 3. The molecule has 1 aliphatic heterocycles. The summed E-state index contributed by atoms with van der Waals surface area (Å²) in [6.45, 7) is 0.686. The van der Waals surface area contributed by atoms with Gasteiger partial charge in [0.2, 0.25) is 10.0 Å². The molecule has 6 nitrogen and oxygen atoms in total. The van der Waals surface area contributed by atoms with Crippen molar-refractivity contribution < 1.29 is 8.42 Å². The molecule has 0 amide bonds. The maximum atomic E-state index is 12.8. The highest BCUT2D eigenvalue weighted by molar-refractivity contribution is 7.89. The monoisotopic (exact) mass is 326 g/mol. The van der Waals surface area contributed by atoms with Crippen LogP contribution in [0.25, 0.3) is 5.69 Å². The summed E-state index contributed by atoms with van der Waals surface area (Å²) in [7, 11) is -3.53. The predicted molar refractivity (Wildman–Crippen MR) is 84.2 cm³/mol. The van der Waals surface area contributed by atoms with Crippen molar-refractivity contribution in [3.63, 3.8) is 0 Å². The number of hydrogen-bond acceptors (Lipinski definition) is 4. The Hall–Kier alpha value is -2.51. The lowest BCUT2D eigenvalue weighted by molar-refractivity contribution is 0.429. The molecule has 0 spiro atoms. The second-order valence-electron chi connectivity index (χ2n) is 5.33. The van der Waals surface area contributed by atoms with Crippen molar-refractivity contribution in [3.8, 4) is 5.69 Å². The second-order valence-corrected chi connectivity index (χ2v) is 7.26. The quantitative estimate of drug-likeness (QED) is 0.738. The molecule has 0 aliphatic carbocycles. The second kappa shape index (κ2) is 5.29. The van der Waals surface area contributed by atoms with Crippen LogP contribution in [-0.2, 0) is 23.1 Å². The summed E-state index contributed by atoms with van der Waals surface area (Å²) < 4.78 is 28.7. The number of fused-ring (bicyclic) bond motifs is 1. The molecule has 0 fully saturated rings. The minimum absolute atomic E-state index is 0.279. The minimum Gasteiger partial charge on any atom is -0.260 e. The Labute approximate surface area is 134 Å². The lowest BCUT2D eigenvalue weighted by Crippen LogP contribution is -2.25. The highest BCUT2D eigenvalue weighted by Gasteiger charge is 2.31. The molecule has 0 atom stereocenters. The fraction of sp³-hybridized carbons (Fsp3) is 0.125. The fourth-order valence-electron chi connectivity index (χ4n) is 2.68. The van der Waals surface area contributed by atoms with Crippen LogP contribution in [0.2, 0.25) is 0 Å². The first-order valence-electron chi connectivity index (χ1n) is 7.17. The molecule has 0 saturated heterocycles. The van der Waals surface area contributed by atoms with Crippen molar-refractivity contribution in [1.82, 2.24) is 19.1 Å². The maximum Gasteiger partial charge on any atom is 0.243 e. The van der Waals surface area contributed by atoms with Gasteiger partial charge in [-0.05, 0) is 42.0 Å². The molecule has 0 bridgehead atoms. The lowest BCUT2D eigenvalue weighted by Gasteiger charge is -2.15. The van der Waals surface area contributed by atoms with E-state index in [9.17, 15) is 8.42 Å². The number of sulfonamides is 1. The number of rotatable bonds is 3. The first-order chi connectivity index (χ1) is 11.1. The van der Waals surface area contributed by atoms with Crippen LogP contribution >= 0.6 is 0 Å². The van der Waals surface area contributed by atoms with Gasteiger partial charge in [-0.1, -0.05) is 6.07 Å². The van der Waals surface area contributed by atoms with Gasteiger partial charge in [-0.3, -0.25) is 4.98 Å². The van der Waals surface area contributed by atoms with Crippen LogP contribution in [0.1, 0.15) is 11.3 Å². The number of benzene rings is 1. The molecule has 0 saturated carbocycles. The molecular formula is C16H14N4O2S. The van der Waals surface area contributed by atoms with Gasteiger partial charge in [-0.15, -0.1) is 0 Å². The van der Waals surface area contributed by atoms with E-state index in [1.807, 2.05) is 24.4 Å². The van der Waals surface area contributed by atoms with Crippen LogP contribution in [0.5, 0.6) is 0 Å². The van der Waals surface area contributed by atoms with Crippen molar-refractivity contribution in [3.05, 3.63) is 72.3 Å². The third-order valence-corrected chi connectivity index (χ3v) is 5.71. The zero-order chi connectivity index (χ0) is 15.9. The van der Waals surface area contributed by atoms with Crippen molar-refractivity contribution in [1.29, 1.82) is 0 Å². The van der Waals surface area contributed by atoms with E-state index < -0.39 is 10.0 Å². The van der Waals surface area contributed by atoms with Gasteiger partial charge in [0.25, 0.3) is 0 Å². The van der Waals surface area contributed by atoms with Gasteiger partial charge in [0.05, 0.1) is 22.8 Å². The Balaban J connectivity index is 1.63. The van der Waals surface area contributed by atoms with Crippen LogP contribution in [-0.4, -0.2) is 27.5 Å². The Morgan fingerprint density at radius 3 is 2.48 bits per heavy atom. The van der Waals surface area contributed by atoms with E-state index in [4.69, 9.17) is 0 Å². The highest BCUT2D eigenvalue weighted by atomic mass is 32.2. The molecule has 7 heteroatoms. The van der Waals surface area contributed by atoms with Crippen LogP contribution < -0.4 is 0 Å². The van der Waals surface area contributed by atoms with E-state index in [0.29, 0.717) is 13.1 Å². The number of hydrogen-bond donors (Lipinski definition) is 0. The molecule has 4 rings (SSSR count). The molecule has 23 heavy (non-hydrogen) atoms. The minimum atomic E-state index is -3.53. The van der Waals surface area contributed by atoms with Crippen LogP contribution in [0.4, 0.5) is 0 Å². The topological polar surface area (TPSA) is 68.1 Å². The average Bonchev–Trinajstić information content (AvgIpc) is 3.24. The molecular weight excluding hydrogens is 312 g/mol. The molecule has 116 valence electrons. The Bertz CT molecular complexity index is 909. The van der Waals surface area contributed by atoms with Crippen LogP contribution in [0, 0.1) is 0 Å². The van der Waals surface area contributed by atoms with Gasteiger partial charge < -0.3 is 0 Å². The summed E-state index contributed by atoms with van der Waals surface area (Å²) in [5, 5.41) is 4.13. The maximum absolute atomic E-state index is 12.8. The van der Waals surface area contributed by atoms with E-state index in [0.717, 1.165) is 16.9 Å². The smallest absolute Gasteiger partial charge is 0.243 e.